The minimum Gasteiger partial charge on any atom is -0.483 e. The Balaban J connectivity index is 0.000000775. The first kappa shape index (κ1) is 21.4. The molecule has 1 atom stereocenters. The second kappa shape index (κ2) is 9.51. The molecular formula is C23H26N6O3. The van der Waals surface area contributed by atoms with Crippen LogP contribution < -0.4 is 0 Å². The fourth-order valence-electron chi connectivity index (χ4n) is 4.32. The molecule has 1 aliphatic heterocycles. The highest BCUT2D eigenvalue weighted by atomic mass is 16.3. The lowest BCUT2D eigenvalue weighted by molar-refractivity contribution is -0.132. The van der Waals surface area contributed by atoms with Crippen molar-refractivity contribution < 1.29 is 14.7 Å². The number of amides is 1. The molecule has 4 aromatic rings. The molecule has 0 saturated carbocycles. The van der Waals surface area contributed by atoms with Crippen LogP contribution in [-0.4, -0.2) is 53.7 Å². The highest BCUT2D eigenvalue weighted by Crippen LogP contribution is 2.31. The van der Waals surface area contributed by atoms with Crippen molar-refractivity contribution in [3.63, 3.8) is 0 Å². The van der Waals surface area contributed by atoms with Crippen molar-refractivity contribution in [2.75, 3.05) is 6.54 Å². The molecule has 0 spiro atoms. The van der Waals surface area contributed by atoms with E-state index in [9.17, 15) is 4.79 Å². The van der Waals surface area contributed by atoms with Gasteiger partial charge in [0.05, 0.1) is 30.5 Å². The molecule has 0 aliphatic carbocycles. The normalized spacial score (nSPS) is 15.2. The second-order valence-corrected chi connectivity index (χ2v) is 7.86. The molecule has 0 saturated heterocycles. The summed E-state index contributed by atoms with van der Waals surface area (Å²) in [5, 5.41) is 12.4. The summed E-state index contributed by atoms with van der Waals surface area (Å²) in [5.74, 6) is 0.259. The number of aromatic amines is 2. The number of nitrogens with one attached hydrogen (secondary N) is 2. The van der Waals surface area contributed by atoms with E-state index >= 15 is 0 Å². The number of carbonyl (C=O) groups is 2. The van der Waals surface area contributed by atoms with Gasteiger partial charge in [0.2, 0.25) is 5.91 Å². The van der Waals surface area contributed by atoms with Crippen LogP contribution in [0.25, 0.3) is 10.9 Å². The summed E-state index contributed by atoms with van der Waals surface area (Å²) in [4.78, 5) is 34.3. The predicted octanol–water partition coefficient (Wildman–Crippen LogP) is 2.82. The van der Waals surface area contributed by atoms with Crippen LogP contribution in [0.2, 0.25) is 0 Å². The molecule has 166 valence electrons. The minimum absolute atomic E-state index is 0.0660. The first-order valence-electron chi connectivity index (χ1n) is 10.5. The van der Waals surface area contributed by atoms with Crippen LogP contribution >= 0.6 is 0 Å². The van der Waals surface area contributed by atoms with Crippen molar-refractivity contribution >= 4 is 23.3 Å². The van der Waals surface area contributed by atoms with Crippen molar-refractivity contribution in [1.82, 2.24) is 29.6 Å². The van der Waals surface area contributed by atoms with Gasteiger partial charge in [0.15, 0.2) is 0 Å². The van der Waals surface area contributed by atoms with E-state index in [1.54, 1.807) is 11.0 Å². The van der Waals surface area contributed by atoms with Gasteiger partial charge in [-0.05, 0) is 24.5 Å². The van der Waals surface area contributed by atoms with E-state index in [2.05, 4.69) is 44.4 Å². The number of carbonyl (C=O) groups excluding carboxylic acids is 1. The topological polar surface area (TPSA) is 120 Å². The van der Waals surface area contributed by atoms with Crippen molar-refractivity contribution in [2.24, 2.45) is 7.05 Å². The monoisotopic (exact) mass is 434 g/mol. The number of aromatic nitrogens is 5. The van der Waals surface area contributed by atoms with E-state index in [0.717, 1.165) is 35.3 Å². The molecule has 3 N–H and O–H groups in total. The Morgan fingerprint density at radius 1 is 1.31 bits per heavy atom. The van der Waals surface area contributed by atoms with Crippen LogP contribution in [0.15, 0.2) is 49.2 Å². The number of hydrogen-bond donors (Lipinski definition) is 3. The standard InChI is InChI=1S/C22H24N6O.CH2O2/c1-27-11-16(10-26-27)18-12-28(13-20-22(18)25-14-24-20)21(29)8-4-5-15-9-23-19-7-3-2-6-17(15)19;2-1-3/h2-3,6-7,9-11,14,18,23H,4-5,8,12-13H2,1H3,(H,24,25);1H,(H,2,3). The Morgan fingerprint density at radius 3 is 2.91 bits per heavy atom. The number of nitrogens with zero attached hydrogens (tertiary/aromatic N) is 4. The molecule has 9 heteroatoms. The summed E-state index contributed by atoms with van der Waals surface area (Å²) in [6.45, 7) is 0.994. The smallest absolute Gasteiger partial charge is 0.290 e. The maximum absolute atomic E-state index is 13.0. The Labute approximate surface area is 185 Å². The van der Waals surface area contributed by atoms with E-state index in [1.165, 1.54) is 10.9 Å². The molecule has 0 bridgehead atoms. The molecular weight excluding hydrogens is 408 g/mol. The number of fused-ring (bicyclic) bond motifs is 2. The molecule has 3 aromatic heterocycles. The summed E-state index contributed by atoms with van der Waals surface area (Å²) in [6, 6.07) is 8.30. The SMILES string of the molecule is Cn1cc(C2CN(C(=O)CCCc3c[nH]c4ccccc34)Cc3[nH]cnc32)cn1.O=CO. The third-order valence-electron chi connectivity index (χ3n) is 5.83. The van der Waals surface area contributed by atoms with Gasteiger partial charge in [-0.25, -0.2) is 4.98 Å². The van der Waals surface area contributed by atoms with Crippen LogP contribution in [0.3, 0.4) is 0 Å². The molecule has 32 heavy (non-hydrogen) atoms. The number of benzene rings is 1. The van der Waals surface area contributed by atoms with Gasteiger partial charge in [-0.15, -0.1) is 0 Å². The van der Waals surface area contributed by atoms with Crippen LogP contribution in [-0.2, 0) is 29.6 Å². The molecule has 1 amide bonds. The summed E-state index contributed by atoms with van der Waals surface area (Å²) in [7, 11) is 1.91. The average Bonchev–Trinajstić information content (AvgIpc) is 3.53. The summed E-state index contributed by atoms with van der Waals surface area (Å²) in [5.41, 5.74) is 5.57. The summed E-state index contributed by atoms with van der Waals surface area (Å²) < 4.78 is 1.80. The zero-order valence-electron chi connectivity index (χ0n) is 17.9. The van der Waals surface area contributed by atoms with E-state index < -0.39 is 0 Å². The van der Waals surface area contributed by atoms with Gasteiger partial charge >= 0.3 is 0 Å². The van der Waals surface area contributed by atoms with E-state index in [0.29, 0.717) is 19.5 Å². The molecule has 1 unspecified atom stereocenters. The van der Waals surface area contributed by atoms with Crippen LogP contribution in [0.1, 0.15) is 41.3 Å². The maximum Gasteiger partial charge on any atom is 0.290 e. The molecule has 4 heterocycles. The first-order chi connectivity index (χ1) is 15.6. The zero-order valence-corrected chi connectivity index (χ0v) is 17.9. The highest BCUT2D eigenvalue weighted by Gasteiger charge is 2.31. The summed E-state index contributed by atoms with van der Waals surface area (Å²) in [6.07, 6.45) is 9.94. The van der Waals surface area contributed by atoms with Gasteiger partial charge in [-0.1, -0.05) is 18.2 Å². The number of imidazole rings is 1. The predicted molar refractivity (Wildman–Crippen MR) is 119 cm³/mol. The van der Waals surface area contributed by atoms with Crippen LogP contribution in [0.5, 0.6) is 0 Å². The van der Waals surface area contributed by atoms with Crippen molar-refractivity contribution in [1.29, 1.82) is 0 Å². The fourth-order valence-corrected chi connectivity index (χ4v) is 4.32. The van der Waals surface area contributed by atoms with Gasteiger partial charge in [0.25, 0.3) is 6.47 Å². The van der Waals surface area contributed by atoms with E-state index in [1.807, 2.05) is 30.4 Å². The number of para-hydroxylation sites is 1. The first-order valence-corrected chi connectivity index (χ1v) is 10.5. The third kappa shape index (κ3) is 4.41. The van der Waals surface area contributed by atoms with Crippen LogP contribution in [0.4, 0.5) is 0 Å². The van der Waals surface area contributed by atoms with Gasteiger partial charge in [0, 0.05) is 54.8 Å². The Hall–Kier alpha value is -3.88. The number of H-pyrrole nitrogens is 2. The Bertz CT molecular complexity index is 1210. The van der Waals surface area contributed by atoms with Gasteiger partial charge in [-0.2, -0.15) is 5.10 Å². The summed E-state index contributed by atoms with van der Waals surface area (Å²) >= 11 is 0. The molecule has 9 nitrogen and oxygen atoms in total. The van der Waals surface area contributed by atoms with E-state index in [-0.39, 0.29) is 18.3 Å². The zero-order chi connectivity index (χ0) is 22.5. The number of aryl methyl sites for hydroxylation is 2. The van der Waals surface area contributed by atoms with Crippen molar-refractivity contribution in [3.8, 4) is 0 Å². The molecule has 1 aliphatic rings. The number of carboxylic acid groups (broad SMARTS) is 1. The van der Waals surface area contributed by atoms with E-state index in [4.69, 9.17) is 9.90 Å². The average molecular weight is 435 g/mol. The lowest BCUT2D eigenvalue weighted by atomic mass is 9.93. The largest absolute Gasteiger partial charge is 0.483 e. The van der Waals surface area contributed by atoms with Crippen molar-refractivity contribution in [3.05, 3.63) is 71.7 Å². The maximum atomic E-state index is 13.0. The van der Waals surface area contributed by atoms with Gasteiger partial charge in [-0.3, -0.25) is 14.3 Å². The second-order valence-electron chi connectivity index (χ2n) is 7.86. The lowest BCUT2D eigenvalue weighted by Gasteiger charge is -2.31. The van der Waals surface area contributed by atoms with Crippen molar-refractivity contribution in [2.45, 2.75) is 31.7 Å². The Kier molecular flexibility index (Phi) is 6.34. The number of hydrogen-bond acceptors (Lipinski definition) is 4. The fraction of sp³-hybridized carbons (Fsp3) is 0.304. The van der Waals surface area contributed by atoms with Crippen LogP contribution in [0, 0.1) is 0 Å². The quantitative estimate of drug-likeness (QED) is 0.417. The molecule has 0 fully saturated rings. The molecule has 1 aromatic carbocycles. The van der Waals surface area contributed by atoms with Gasteiger partial charge in [0.1, 0.15) is 0 Å². The minimum atomic E-state index is -0.250. The van der Waals surface area contributed by atoms with Gasteiger partial charge < -0.3 is 20.0 Å². The Morgan fingerprint density at radius 2 is 2.12 bits per heavy atom. The lowest BCUT2D eigenvalue weighted by Crippen LogP contribution is -2.38. The third-order valence-corrected chi connectivity index (χ3v) is 5.83. The number of rotatable bonds is 5. The highest BCUT2D eigenvalue weighted by molar-refractivity contribution is 5.83. The molecule has 0 radical (unpaired) electrons. The molecule has 5 rings (SSSR count).